The summed E-state index contributed by atoms with van der Waals surface area (Å²) in [4.78, 5) is 6.27. The van der Waals surface area contributed by atoms with E-state index in [-0.39, 0.29) is 12.4 Å². The Kier molecular flexibility index (Phi) is 4.74. The zero-order valence-corrected chi connectivity index (χ0v) is 13.3. The monoisotopic (exact) mass is 327 g/mol. The van der Waals surface area contributed by atoms with E-state index < -0.39 is 0 Å². The number of aryl methyl sites for hydroxylation is 1. The van der Waals surface area contributed by atoms with Crippen molar-refractivity contribution in [3.63, 3.8) is 0 Å². The minimum Gasteiger partial charge on any atom is -0.472 e. The van der Waals surface area contributed by atoms with Gasteiger partial charge in [0.1, 0.15) is 12.4 Å². The first kappa shape index (κ1) is 16.0. The van der Waals surface area contributed by atoms with Gasteiger partial charge < -0.3 is 14.8 Å². The minimum absolute atomic E-state index is 0.0487. The number of halogens is 1. The van der Waals surface area contributed by atoms with Crippen molar-refractivity contribution in [2.75, 3.05) is 13.1 Å². The average Bonchev–Trinajstić information content (AvgIpc) is 3.11. The molecule has 0 saturated carbocycles. The minimum atomic E-state index is -0.327. The van der Waals surface area contributed by atoms with Crippen LogP contribution in [0.2, 0.25) is 0 Å². The summed E-state index contributed by atoms with van der Waals surface area (Å²) in [6.07, 6.45) is 3.99. The molecule has 0 fully saturated rings. The van der Waals surface area contributed by atoms with Crippen molar-refractivity contribution in [1.82, 2.24) is 9.88 Å². The number of rotatable bonds is 4. The van der Waals surface area contributed by atoms with Crippen LogP contribution in [-0.2, 0) is 6.61 Å². The largest absolute Gasteiger partial charge is 0.472 e. The molecule has 1 aromatic heterocycles. The van der Waals surface area contributed by atoms with Crippen molar-refractivity contribution in [2.24, 2.45) is 5.16 Å². The Hall–Kier alpha value is -2.89. The Bertz CT molecular complexity index is 782. The summed E-state index contributed by atoms with van der Waals surface area (Å²) in [6, 6.07) is 10.1. The average molecular weight is 327 g/mol. The first-order chi connectivity index (χ1) is 11.7. The highest BCUT2D eigenvalue weighted by Crippen LogP contribution is 2.22. The molecule has 0 atom stereocenters. The zero-order valence-electron chi connectivity index (χ0n) is 13.3. The molecule has 0 radical (unpaired) electrons. The lowest BCUT2D eigenvalue weighted by atomic mass is 10.2. The van der Waals surface area contributed by atoms with Crippen LogP contribution < -0.4 is 4.74 Å². The molecular weight excluding hydrogens is 309 g/mol. The summed E-state index contributed by atoms with van der Waals surface area (Å²) < 4.78 is 19.5. The van der Waals surface area contributed by atoms with Crippen molar-refractivity contribution < 1.29 is 14.3 Å². The van der Waals surface area contributed by atoms with E-state index >= 15 is 0 Å². The number of amidine groups is 1. The number of hydrogen-bond donors (Lipinski definition) is 1. The molecule has 0 bridgehead atoms. The highest BCUT2D eigenvalue weighted by molar-refractivity contribution is 6.00. The Balaban J connectivity index is 1.87. The highest BCUT2D eigenvalue weighted by Gasteiger charge is 2.20. The maximum absolute atomic E-state index is 13.8. The van der Waals surface area contributed by atoms with E-state index in [0.717, 1.165) is 5.69 Å². The number of nitrogens with zero attached hydrogens (tertiary/aromatic N) is 3. The highest BCUT2D eigenvalue weighted by atomic mass is 19.1. The molecular formula is C18H18FN3O2. The van der Waals surface area contributed by atoms with Gasteiger partial charge in [-0.25, -0.2) is 9.37 Å². The van der Waals surface area contributed by atoms with Gasteiger partial charge in [0.15, 0.2) is 5.84 Å². The molecule has 1 N–H and O–H groups in total. The first-order valence-corrected chi connectivity index (χ1v) is 7.65. The lowest BCUT2D eigenvalue weighted by Gasteiger charge is -2.20. The van der Waals surface area contributed by atoms with Gasteiger partial charge in [0, 0.05) is 24.3 Å². The third-order valence-corrected chi connectivity index (χ3v) is 3.78. The van der Waals surface area contributed by atoms with Crippen LogP contribution in [-0.4, -0.2) is 34.0 Å². The fourth-order valence-corrected chi connectivity index (χ4v) is 2.51. The van der Waals surface area contributed by atoms with E-state index in [9.17, 15) is 9.60 Å². The van der Waals surface area contributed by atoms with Gasteiger partial charge in [0.25, 0.3) is 0 Å². The first-order valence-electron chi connectivity index (χ1n) is 7.65. The maximum atomic E-state index is 13.8. The molecule has 2 aromatic rings. The van der Waals surface area contributed by atoms with Crippen LogP contribution in [0.15, 0.2) is 53.7 Å². The van der Waals surface area contributed by atoms with Gasteiger partial charge in [-0.15, -0.1) is 0 Å². The van der Waals surface area contributed by atoms with Crippen LogP contribution >= 0.6 is 0 Å². The number of aromatic nitrogens is 1. The topological polar surface area (TPSA) is 58.0 Å². The predicted molar refractivity (Wildman–Crippen MR) is 88.7 cm³/mol. The van der Waals surface area contributed by atoms with Gasteiger partial charge in [-0.3, -0.25) is 0 Å². The number of ether oxygens (including phenoxy) is 1. The Morgan fingerprint density at radius 1 is 1.25 bits per heavy atom. The van der Waals surface area contributed by atoms with E-state index in [2.05, 4.69) is 10.1 Å². The molecule has 6 heteroatoms. The number of oxime groups is 1. The van der Waals surface area contributed by atoms with E-state index in [1.165, 1.54) is 6.07 Å². The van der Waals surface area contributed by atoms with Gasteiger partial charge >= 0.3 is 0 Å². The molecule has 1 aliphatic heterocycles. The van der Waals surface area contributed by atoms with Gasteiger partial charge in [0.05, 0.1) is 5.56 Å². The summed E-state index contributed by atoms with van der Waals surface area (Å²) >= 11 is 0. The Morgan fingerprint density at radius 3 is 2.71 bits per heavy atom. The van der Waals surface area contributed by atoms with E-state index in [1.807, 2.05) is 30.0 Å². The van der Waals surface area contributed by atoms with Gasteiger partial charge in [0.2, 0.25) is 5.88 Å². The normalized spacial score (nSPS) is 14.2. The second-order valence-corrected chi connectivity index (χ2v) is 5.49. The quantitative estimate of drug-likeness (QED) is 0.308. The molecule has 0 amide bonds. The van der Waals surface area contributed by atoms with Crippen LogP contribution in [0.4, 0.5) is 4.39 Å². The lowest BCUT2D eigenvalue weighted by Crippen LogP contribution is -2.30. The lowest BCUT2D eigenvalue weighted by molar-refractivity contribution is 0.283. The van der Waals surface area contributed by atoms with Gasteiger partial charge in [-0.2, -0.15) is 0 Å². The van der Waals surface area contributed by atoms with Crippen LogP contribution in [0.25, 0.3) is 0 Å². The van der Waals surface area contributed by atoms with Crippen molar-refractivity contribution in [1.29, 1.82) is 0 Å². The summed E-state index contributed by atoms with van der Waals surface area (Å²) in [5, 5.41) is 12.8. The molecule has 1 aromatic carbocycles. The molecule has 3 rings (SSSR count). The molecule has 5 nitrogen and oxygen atoms in total. The number of benzene rings is 1. The summed E-state index contributed by atoms with van der Waals surface area (Å²) in [7, 11) is 0. The maximum Gasteiger partial charge on any atom is 0.225 e. The molecule has 124 valence electrons. The second-order valence-electron chi connectivity index (χ2n) is 5.49. The molecule has 24 heavy (non-hydrogen) atoms. The molecule has 0 saturated heterocycles. The molecule has 2 heterocycles. The van der Waals surface area contributed by atoms with Gasteiger partial charge in [-0.05, 0) is 25.1 Å². The Labute approximate surface area is 139 Å². The standard InChI is InChI=1S/C18H18FN3O2/c1-13-8-9-15(17(21-23)22-10-4-5-11-22)18(20-13)24-12-14-6-2-3-7-16(14)19/h2-9,23H,10-12H2,1H3/b21-17-. The van der Waals surface area contributed by atoms with E-state index in [4.69, 9.17) is 4.74 Å². The van der Waals surface area contributed by atoms with Crippen LogP contribution in [0, 0.1) is 12.7 Å². The molecule has 0 aliphatic carbocycles. The fraction of sp³-hybridized carbons (Fsp3) is 0.222. The molecule has 0 spiro atoms. The third kappa shape index (κ3) is 3.37. The van der Waals surface area contributed by atoms with Crippen molar-refractivity contribution in [3.05, 3.63) is 71.2 Å². The Morgan fingerprint density at radius 2 is 2.00 bits per heavy atom. The number of hydrogen-bond acceptors (Lipinski definition) is 4. The fourth-order valence-electron chi connectivity index (χ4n) is 2.51. The van der Waals surface area contributed by atoms with Crippen molar-refractivity contribution >= 4 is 5.84 Å². The predicted octanol–water partition coefficient (Wildman–Crippen LogP) is 3.12. The van der Waals surface area contributed by atoms with Crippen LogP contribution in [0.5, 0.6) is 5.88 Å². The van der Waals surface area contributed by atoms with Crippen LogP contribution in [0.1, 0.15) is 16.8 Å². The zero-order chi connectivity index (χ0) is 16.9. The van der Waals surface area contributed by atoms with Crippen molar-refractivity contribution in [3.8, 4) is 5.88 Å². The third-order valence-electron chi connectivity index (χ3n) is 3.78. The van der Waals surface area contributed by atoms with Crippen molar-refractivity contribution in [2.45, 2.75) is 13.5 Å². The second kappa shape index (κ2) is 7.12. The summed E-state index contributed by atoms with van der Waals surface area (Å²) in [5.41, 5.74) is 1.78. The summed E-state index contributed by atoms with van der Waals surface area (Å²) in [5.74, 6) is 0.375. The molecule has 1 aliphatic rings. The SMILES string of the molecule is Cc1ccc(/C(=N/O)N2CC=CC2)c(OCc2ccccc2F)n1. The molecule has 0 unspecified atom stereocenters. The van der Waals surface area contributed by atoms with Crippen LogP contribution in [0.3, 0.4) is 0 Å². The smallest absolute Gasteiger partial charge is 0.225 e. The van der Waals surface area contributed by atoms with Gasteiger partial charge in [-0.1, -0.05) is 35.5 Å². The van der Waals surface area contributed by atoms with E-state index in [1.54, 1.807) is 24.3 Å². The summed E-state index contributed by atoms with van der Waals surface area (Å²) in [6.45, 7) is 3.19. The van der Waals surface area contributed by atoms with E-state index in [0.29, 0.717) is 35.9 Å². The number of pyridine rings is 1.